The number of nitrogens with zero attached hydrogens (tertiary/aromatic N) is 5. The van der Waals surface area contributed by atoms with Crippen LogP contribution in [-0.2, 0) is 10.2 Å². The van der Waals surface area contributed by atoms with Gasteiger partial charge in [-0.1, -0.05) is 32.9 Å². The number of carbonyl (C=O) groups excluding carboxylic acids is 1. The molecule has 3 rings (SSSR count). The number of piperazine rings is 1. The maximum absolute atomic E-state index is 11.8. The van der Waals surface area contributed by atoms with E-state index in [1.54, 1.807) is 11.1 Å². The van der Waals surface area contributed by atoms with Crippen LogP contribution in [0.15, 0.2) is 30.5 Å². The predicted octanol–water partition coefficient (Wildman–Crippen LogP) is 3.19. The SMILES string of the molecule is CCOC(=O)N1CCN(c2nncc(Nc3ccc(C(C)(C)C)cc3)n2)CC1. The molecule has 2 aromatic rings. The van der Waals surface area contributed by atoms with Gasteiger partial charge in [-0.15, -0.1) is 5.10 Å². The molecule has 0 saturated carbocycles. The number of ether oxygens (including phenoxy) is 1. The molecule has 1 aromatic carbocycles. The first kappa shape index (κ1) is 19.9. The summed E-state index contributed by atoms with van der Waals surface area (Å²) in [5.41, 5.74) is 2.35. The second kappa shape index (κ2) is 8.41. The van der Waals surface area contributed by atoms with Gasteiger partial charge in [-0.3, -0.25) is 0 Å². The molecule has 1 amide bonds. The first-order valence-corrected chi connectivity index (χ1v) is 9.61. The Balaban J connectivity index is 1.62. The Bertz CT molecular complexity index is 795. The minimum absolute atomic E-state index is 0.119. The monoisotopic (exact) mass is 384 g/mol. The lowest BCUT2D eigenvalue weighted by Crippen LogP contribution is -2.49. The summed E-state index contributed by atoms with van der Waals surface area (Å²) in [5, 5.41) is 11.5. The van der Waals surface area contributed by atoms with Crippen LogP contribution in [0.2, 0.25) is 0 Å². The number of aromatic nitrogens is 3. The first-order chi connectivity index (χ1) is 13.4. The summed E-state index contributed by atoms with van der Waals surface area (Å²) in [6, 6.07) is 8.32. The summed E-state index contributed by atoms with van der Waals surface area (Å²) in [7, 11) is 0. The molecule has 0 aliphatic carbocycles. The zero-order valence-electron chi connectivity index (χ0n) is 17.0. The second-order valence-corrected chi connectivity index (χ2v) is 7.77. The van der Waals surface area contributed by atoms with Crippen molar-refractivity contribution in [1.29, 1.82) is 0 Å². The molecule has 8 heteroatoms. The van der Waals surface area contributed by atoms with Gasteiger partial charge in [0.05, 0.1) is 12.8 Å². The summed E-state index contributed by atoms with van der Waals surface area (Å²) in [5.74, 6) is 1.20. The van der Waals surface area contributed by atoms with Crippen molar-refractivity contribution in [1.82, 2.24) is 20.1 Å². The van der Waals surface area contributed by atoms with Crippen molar-refractivity contribution in [3.05, 3.63) is 36.0 Å². The number of amides is 1. The number of carbonyl (C=O) groups is 1. The van der Waals surface area contributed by atoms with Gasteiger partial charge >= 0.3 is 6.09 Å². The third-order valence-corrected chi connectivity index (χ3v) is 4.66. The normalized spacial score (nSPS) is 14.7. The Morgan fingerprint density at radius 2 is 1.82 bits per heavy atom. The third-order valence-electron chi connectivity index (χ3n) is 4.66. The molecule has 1 aliphatic rings. The van der Waals surface area contributed by atoms with Crippen LogP contribution in [0.3, 0.4) is 0 Å². The number of nitrogens with one attached hydrogen (secondary N) is 1. The lowest BCUT2D eigenvalue weighted by atomic mass is 9.87. The topological polar surface area (TPSA) is 83.5 Å². The number of anilines is 3. The zero-order chi connectivity index (χ0) is 20.1. The highest BCUT2D eigenvalue weighted by Gasteiger charge is 2.23. The van der Waals surface area contributed by atoms with Gasteiger partial charge in [0.15, 0.2) is 5.82 Å². The van der Waals surface area contributed by atoms with Gasteiger partial charge in [-0.05, 0) is 30.0 Å². The Morgan fingerprint density at radius 1 is 1.14 bits per heavy atom. The fourth-order valence-corrected chi connectivity index (χ4v) is 2.99. The van der Waals surface area contributed by atoms with Crippen molar-refractivity contribution in [2.75, 3.05) is 43.0 Å². The molecule has 1 aromatic heterocycles. The molecule has 150 valence electrons. The fraction of sp³-hybridized carbons (Fsp3) is 0.500. The minimum Gasteiger partial charge on any atom is -0.450 e. The fourth-order valence-electron chi connectivity index (χ4n) is 2.99. The highest BCUT2D eigenvalue weighted by Crippen LogP contribution is 2.24. The van der Waals surface area contributed by atoms with Gasteiger partial charge in [0.25, 0.3) is 0 Å². The van der Waals surface area contributed by atoms with Crippen LogP contribution in [0.5, 0.6) is 0 Å². The van der Waals surface area contributed by atoms with E-state index in [1.807, 2.05) is 24.0 Å². The van der Waals surface area contributed by atoms with Gasteiger partial charge < -0.3 is 19.9 Å². The predicted molar refractivity (Wildman–Crippen MR) is 109 cm³/mol. The highest BCUT2D eigenvalue weighted by molar-refractivity contribution is 5.68. The van der Waals surface area contributed by atoms with Crippen molar-refractivity contribution in [2.24, 2.45) is 0 Å². The number of benzene rings is 1. The van der Waals surface area contributed by atoms with Crippen molar-refractivity contribution in [3.63, 3.8) is 0 Å². The molecule has 0 unspecified atom stereocenters. The molecule has 0 atom stereocenters. The smallest absolute Gasteiger partial charge is 0.409 e. The minimum atomic E-state index is -0.268. The maximum Gasteiger partial charge on any atom is 0.409 e. The van der Waals surface area contributed by atoms with Crippen molar-refractivity contribution >= 4 is 23.5 Å². The lowest BCUT2D eigenvalue weighted by Gasteiger charge is -2.33. The van der Waals surface area contributed by atoms with Crippen molar-refractivity contribution < 1.29 is 9.53 Å². The number of rotatable bonds is 4. The molecule has 1 saturated heterocycles. The van der Waals surface area contributed by atoms with Crippen LogP contribution in [0.25, 0.3) is 0 Å². The van der Waals surface area contributed by atoms with Crippen molar-refractivity contribution in [2.45, 2.75) is 33.1 Å². The van der Waals surface area contributed by atoms with E-state index < -0.39 is 0 Å². The molecule has 0 spiro atoms. The highest BCUT2D eigenvalue weighted by atomic mass is 16.6. The summed E-state index contributed by atoms with van der Waals surface area (Å²) in [6.07, 6.45) is 1.34. The lowest BCUT2D eigenvalue weighted by molar-refractivity contribution is 0.105. The van der Waals surface area contributed by atoms with E-state index in [0.29, 0.717) is 44.6 Å². The molecule has 1 N–H and O–H groups in total. The van der Waals surface area contributed by atoms with E-state index in [9.17, 15) is 4.79 Å². The standard InChI is InChI=1S/C20H28N6O2/c1-5-28-19(27)26-12-10-25(11-13-26)18-23-17(14-21-24-18)22-16-8-6-15(7-9-16)20(2,3)4/h6-9,14H,5,10-13H2,1-4H3,(H,22,23,24). The summed E-state index contributed by atoms with van der Waals surface area (Å²) in [4.78, 5) is 20.1. The van der Waals surface area contributed by atoms with Gasteiger partial charge in [0.1, 0.15) is 0 Å². The Labute approximate surface area is 165 Å². The average Bonchev–Trinajstić information content (AvgIpc) is 2.68. The number of hydrogen-bond donors (Lipinski definition) is 1. The van der Waals surface area contributed by atoms with Gasteiger partial charge in [0, 0.05) is 31.9 Å². The van der Waals surface area contributed by atoms with Crippen LogP contribution < -0.4 is 10.2 Å². The Hall–Kier alpha value is -2.90. The Morgan fingerprint density at radius 3 is 2.43 bits per heavy atom. The van der Waals surface area contributed by atoms with E-state index in [0.717, 1.165) is 5.69 Å². The van der Waals surface area contributed by atoms with Crippen LogP contribution in [0.4, 0.5) is 22.2 Å². The second-order valence-electron chi connectivity index (χ2n) is 7.77. The average molecular weight is 384 g/mol. The van der Waals surface area contributed by atoms with Crippen molar-refractivity contribution in [3.8, 4) is 0 Å². The molecule has 1 fully saturated rings. The van der Waals surface area contributed by atoms with E-state index in [2.05, 4.69) is 53.4 Å². The first-order valence-electron chi connectivity index (χ1n) is 9.61. The molecule has 28 heavy (non-hydrogen) atoms. The van der Waals surface area contributed by atoms with Crippen LogP contribution in [0, 0.1) is 0 Å². The molecule has 2 heterocycles. The molecule has 8 nitrogen and oxygen atoms in total. The maximum atomic E-state index is 11.8. The third kappa shape index (κ3) is 4.88. The summed E-state index contributed by atoms with van der Waals surface area (Å²) < 4.78 is 5.05. The number of hydrogen-bond acceptors (Lipinski definition) is 7. The molecule has 1 aliphatic heterocycles. The van der Waals surface area contributed by atoms with Crippen LogP contribution in [0.1, 0.15) is 33.3 Å². The Kier molecular flexibility index (Phi) is 5.96. The van der Waals surface area contributed by atoms with Gasteiger partial charge in [-0.25, -0.2) is 4.79 Å². The van der Waals surface area contributed by atoms with E-state index in [-0.39, 0.29) is 11.5 Å². The van der Waals surface area contributed by atoms with E-state index in [4.69, 9.17) is 4.74 Å². The molecular weight excluding hydrogens is 356 g/mol. The van der Waals surface area contributed by atoms with E-state index >= 15 is 0 Å². The quantitative estimate of drug-likeness (QED) is 0.866. The summed E-state index contributed by atoms with van der Waals surface area (Å²) >= 11 is 0. The van der Waals surface area contributed by atoms with E-state index in [1.165, 1.54) is 5.56 Å². The molecular formula is C20H28N6O2. The largest absolute Gasteiger partial charge is 0.450 e. The molecule has 0 bridgehead atoms. The van der Waals surface area contributed by atoms with Gasteiger partial charge in [0.2, 0.25) is 5.95 Å². The molecule has 0 radical (unpaired) electrons. The van der Waals surface area contributed by atoms with Crippen LogP contribution in [-0.4, -0.2) is 59.0 Å². The summed E-state index contributed by atoms with van der Waals surface area (Å²) in [6.45, 7) is 11.2. The zero-order valence-corrected chi connectivity index (χ0v) is 17.0. The van der Waals surface area contributed by atoms with Crippen LogP contribution >= 0.6 is 0 Å². The van der Waals surface area contributed by atoms with Gasteiger partial charge in [-0.2, -0.15) is 10.1 Å².